The molecule has 1 aromatic heterocycles. The smallest absolute Gasteiger partial charge is 0.272 e. The van der Waals surface area contributed by atoms with Gasteiger partial charge in [0.2, 0.25) is 11.8 Å². The van der Waals surface area contributed by atoms with E-state index in [1.54, 1.807) is 24.3 Å². The van der Waals surface area contributed by atoms with E-state index in [0.717, 1.165) is 88.0 Å². The molecule has 2 aliphatic carbocycles. The molecule has 15 nitrogen and oxygen atoms in total. The van der Waals surface area contributed by atoms with Gasteiger partial charge in [-0.25, -0.2) is 4.39 Å². The molecule has 5 aliphatic heterocycles. The highest BCUT2D eigenvalue weighted by atomic mass is 35.5. The highest BCUT2D eigenvalue weighted by molar-refractivity contribution is 6.31. The van der Waals surface area contributed by atoms with Gasteiger partial charge >= 0.3 is 0 Å². The number of nitrogens with one attached hydrogen (secondary N) is 2. The maximum Gasteiger partial charge on any atom is 0.272 e. The van der Waals surface area contributed by atoms with Crippen molar-refractivity contribution < 1.29 is 33.1 Å². The Morgan fingerprint density at radius 1 is 0.855 bits per heavy atom. The minimum Gasteiger partial charge on any atom is -0.490 e. The summed E-state index contributed by atoms with van der Waals surface area (Å²) in [5.74, 6) is 0.694. The average Bonchev–Trinajstić information content (AvgIpc) is 4.06. The molecule has 6 fully saturated rings. The minimum atomic E-state index is -1.09. The number of aromatic nitrogens is 2. The minimum absolute atomic E-state index is 0.0151. The number of rotatable bonds is 9. The maximum atomic E-state index is 15.6. The highest BCUT2D eigenvalue weighted by Crippen LogP contribution is 2.44. The molecule has 2 aromatic carbocycles. The number of piperidine rings is 1. The van der Waals surface area contributed by atoms with Crippen LogP contribution < -0.4 is 25.2 Å². The first kappa shape index (κ1) is 40.4. The summed E-state index contributed by atoms with van der Waals surface area (Å²) >= 11 is 6.16. The molecular weight excluding hydrogens is 817 g/mol. The van der Waals surface area contributed by atoms with E-state index < -0.39 is 35.5 Å². The van der Waals surface area contributed by atoms with E-state index in [4.69, 9.17) is 21.6 Å². The second-order valence-electron chi connectivity index (χ2n) is 18.3. The molecule has 2 N–H and O–H groups in total. The van der Waals surface area contributed by atoms with Crippen molar-refractivity contribution in [1.82, 2.24) is 30.6 Å². The van der Waals surface area contributed by atoms with E-state index in [2.05, 4.69) is 36.7 Å². The number of benzene rings is 2. The zero-order valence-corrected chi connectivity index (χ0v) is 34.9. The van der Waals surface area contributed by atoms with Gasteiger partial charge in [0.25, 0.3) is 17.7 Å². The Labute approximate surface area is 362 Å². The second kappa shape index (κ2) is 16.2. The Balaban J connectivity index is 0.662. The molecule has 322 valence electrons. The predicted molar refractivity (Wildman–Crippen MR) is 223 cm³/mol. The number of amides is 5. The van der Waals surface area contributed by atoms with Crippen LogP contribution in [0.1, 0.15) is 88.1 Å². The lowest BCUT2D eigenvalue weighted by atomic mass is 9.93. The predicted octanol–water partition coefficient (Wildman–Crippen LogP) is 4.19. The lowest BCUT2D eigenvalue weighted by molar-refractivity contribution is -0.136. The first-order valence-corrected chi connectivity index (χ1v) is 22.1. The van der Waals surface area contributed by atoms with Crippen LogP contribution in [-0.4, -0.2) is 114 Å². The summed E-state index contributed by atoms with van der Waals surface area (Å²) in [4.78, 5) is 71.5. The van der Waals surface area contributed by atoms with E-state index in [-0.39, 0.29) is 42.0 Å². The Hall–Kier alpha value is -5.66. The van der Waals surface area contributed by atoms with E-state index in [0.29, 0.717) is 70.4 Å². The second-order valence-corrected chi connectivity index (χ2v) is 18.7. The number of carbonyl (C=O) groups is 5. The fraction of sp³-hybridized carbons (Fsp3) is 0.511. The number of hydrogen-bond acceptors (Lipinski definition) is 12. The largest absolute Gasteiger partial charge is 0.490 e. The van der Waals surface area contributed by atoms with E-state index >= 15 is 4.39 Å². The van der Waals surface area contributed by atoms with Gasteiger partial charge in [-0.05, 0) is 111 Å². The third-order valence-electron chi connectivity index (χ3n) is 14.4. The number of hydrogen-bond donors (Lipinski definition) is 2. The summed E-state index contributed by atoms with van der Waals surface area (Å²) in [5.41, 5.74) is 1.07. The van der Waals surface area contributed by atoms with Gasteiger partial charge in [-0.2, -0.15) is 5.26 Å². The van der Waals surface area contributed by atoms with Crippen molar-refractivity contribution in [2.75, 3.05) is 55.6 Å². The molecule has 6 atom stereocenters. The van der Waals surface area contributed by atoms with Crippen LogP contribution >= 0.6 is 11.6 Å². The Bertz CT molecular complexity index is 2360. The molecule has 0 radical (unpaired) electrons. The molecule has 4 saturated heterocycles. The van der Waals surface area contributed by atoms with E-state index in [1.807, 2.05) is 11.0 Å². The molecule has 7 aliphatic rings. The summed E-state index contributed by atoms with van der Waals surface area (Å²) < 4.78 is 21.7. The Morgan fingerprint density at radius 3 is 2.19 bits per heavy atom. The molecule has 6 heterocycles. The number of nitriles is 1. The number of ether oxygens (including phenoxy) is 1. The highest BCUT2D eigenvalue weighted by Gasteiger charge is 2.48. The summed E-state index contributed by atoms with van der Waals surface area (Å²) in [5, 5.41) is 23.6. The molecule has 4 unspecified atom stereocenters. The fourth-order valence-corrected chi connectivity index (χ4v) is 11.5. The van der Waals surface area contributed by atoms with Crippen molar-refractivity contribution in [3.63, 3.8) is 0 Å². The normalized spacial score (nSPS) is 29.4. The third-order valence-corrected chi connectivity index (χ3v) is 14.7. The van der Waals surface area contributed by atoms with Crippen molar-refractivity contribution in [2.24, 2.45) is 29.6 Å². The number of imide groups is 2. The topological polar surface area (TPSA) is 181 Å². The van der Waals surface area contributed by atoms with Crippen LogP contribution in [0.3, 0.4) is 0 Å². The van der Waals surface area contributed by atoms with Crippen LogP contribution in [0.25, 0.3) is 0 Å². The molecule has 3 aromatic rings. The van der Waals surface area contributed by atoms with Gasteiger partial charge in [0.15, 0.2) is 11.5 Å². The van der Waals surface area contributed by atoms with E-state index in [1.165, 1.54) is 6.07 Å². The monoisotopic (exact) mass is 863 g/mol. The molecule has 62 heavy (non-hydrogen) atoms. The number of anilines is 2. The Kier molecular flexibility index (Phi) is 10.6. The molecule has 0 spiro atoms. The average molecular weight is 864 g/mol. The summed E-state index contributed by atoms with van der Waals surface area (Å²) in [6.07, 6.45) is 5.54. The molecule has 17 heteroatoms. The zero-order valence-electron chi connectivity index (χ0n) is 34.1. The molecular formula is C45H47ClFN9O6. The van der Waals surface area contributed by atoms with Crippen LogP contribution in [0, 0.1) is 46.7 Å². The van der Waals surface area contributed by atoms with Crippen molar-refractivity contribution in [2.45, 2.75) is 69.6 Å². The molecule has 10 rings (SSSR count). The maximum absolute atomic E-state index is 15.6. The molecule has 2 saturated carbocycles. The van der Waals surface area contributed by atoms with Crippen LogP contribution in [0.2, 0.25) is 5.02 Å². The van der Waals surface area contributed by atoms with Gasteiger partial charge in [0, 0.05) is 64.3 Å². The van der Waals surface area contributed by atoms with Crippen molar-refractivity contribution in [3.05, 3.63) is 75.7 Å². The summed E-state index contributed by atoms with van der Waals surface area (Å²) in [6, 6.07) is 12.3. The van der Waals surface area contributed by atoms with Crippen molar-refractivity contribution in [3.8, 4) is 11.8 Å². The van der Waals surface area contributed by atoms with Crippen LogP contribution in [0.4, 0.5) is 15.9 Å². The number of fused-ring (bicyclic) bond motifs is 3. The summed E-state index contributed by atoms with van der Waals surface area (Å²) in [7, 11) is 0. The number of likely N-dealkylation sites (tertiary alicyclic amines) is 1. The lowest BCUT2D eigenvalue weighted by Gasteiger charge is -2.29. The quantitative estimate of drug-likeness (QED) is 0.294. The van der Waals surface area contributed by atoms with Gasteiger partial charge in [-0.3, -0.25) is 34.2 Å². The van der Waals surface area contributed by atoms with Crippen molar-refractivity contribution in [1.29, 1.82) is 5.26 Å². The van der Waals surface area contributed by atoms with Crippen LogP contribution in [0.5, 0.6) is 5.75 Å². The van der Waals surface area contributed by atoms with Gasteiger partial charge in [-0.1, -0.05) is 11.6 Å². The zero-order chi connectivity index (χ0) is 42.8. The van der Waals surface area contributed by atoms with Gasteiger partial charge in [-0.15, -0.1) is 10.2 Å². The SMILES string of the molecule is N#Cc1ccc(OC2CCC(NC(=O)c3ccc(N4C[C@H]5CC(CN6CC7CN(c8cc9c(cc8F)C(=O)N(C8CCC(=O)NC8=O)C9=O)CC7C6)C[C@H]5C4)nn3)CC2)cc1Cl. The standard InChI is InChI=1S/C45H47ClFN9O6/c46-35-13-32(4-1-25(35)16-48)62-31-5-2-30(3-6-31)49-42(58)37-7-9-40(52-51-37)55-20-26-11-24(12-27(26)21-55)17-53-18-28-22-54(23-29(28)19-53)39-15-34-33(14-36(39)47)44(60)56(45(34)61)38-8-10-41(57)50-43(38)59/h1,4,7,9,13-15,24,26-31,38H,2-3,5-6,8,10-12,17-23H2,(H,49,58)(H,50,57,59)/t24?,26-,27+,28?,29?,30?,31?,38?. The van der Waals surface area contributed by atoms with Crippen LogP contribution in [0.15, 0.2) is 42.5 Å². The van der Waals surface area contributed by atoms with Gasteiger partial charge in [0.05, 0.1) is 33.5 Å². The van der Waals surface area contributed by atoms with Gasteiger partial charge in [0.1, 0.15) is 23.7 Å². The number of halogens is 2. The van der Waals surface area contributed by atoms with Crippen molar-refractivity contribution >= 4 is 52.6 Å². The molecule has 5 amide bonds. The third kappa shape index (κ3) is 7.63. The number of nitrogens with zero attached hydrogens (tertiary/aromatic N) is 7. The Morgan fingerprint density at radius 2 is 1.55 bits per heavy atom. The molecule has 0 bridgehead atoms. The first-order valence-electron chi connectivity index (χ1n) is 21.8. The fourth-order valence-electron chi connectivity index (χ4n) is 11.3. The van der Waals surface area contributed by atoms with E-state index in [9.17, 15) is 24.0 Å². The van der Waals surface area contributed by atoms with Gasteiger partial charge < -0.3 is 24.8 Å². The number of carbonyl (C=O) groups excluding carboxylic acids is 5. The summed E-state index contributed by atoms with van der Waals surface area (Å²) in [6.45, 7) is 6.10. The first-order chi connectivity index (χ1) is 30.0. The lowest BCUT2D eigenvalue weighted by Crippen LogP contribution is -2.54. The van der Waals surface area contributed by atoms with Crippen LogP contribution in [-0.2, 0) is 9.59 Å².